The predicted octanol–water partition coefficient (Wildman–Crippen LogP) is 1.23. The summed E-state index contributed by atoms with van der Waals surface area (Å²) in [4.78, 5) is 34.4. The first kappa shape index (κ1) is 19.4. The van der Waals surface area contributed by atoms with Gasteiger partial charge in [0.05, 0.1) is 12.2 Å². The summed E-state index contributed by atoms with van der Waals surface area (Å²) in [6, 6.07) is 0. The van der Waals surface area contributed by atoms with Gasteiger partial charge < -0.3 is 18.9 Å². The molecule has 0 saturated heterocycles. The molecule has 21 heavy (non-hydrogen) atoms. The second-order valence-electron chi connectivity index (χ2n) is 5.36. The van der Waals surface area contributed by atoms with Gasteiger partial charge in [-0.2, -0.15) is 0 Å². The molecule has 2 atom stereocenters. The van der Waals surface area contributed by atoms with Crippen LogP contribution in [0.3, 0.4) is 0 Å². The Morgan fingerprint density at radius 3 is 1.95 bits per heavy atom. The van der Waals surface area contributed by atoms with Crippen LogP contribution in [0.2, 0.25) is 0 Å². The molecule has 0 aliphatic carbocycles. The van der Waals surface area contributed by atoms with E-state index in [0.29, 0.717) is 0 Å². The van der Waals surface area contributed by atoms with Crippen molar-refractivity contribution < 1.29 is 33.3 Å². The number of carbonyl (C=O) groups is 3. The molecule has 0 heterocycles. The predicted molar refractivity (Wildman–Crippen MR) is 73.4 cm³/mol. The van der Waals surface area contributed by atoms with E-state index < -0.39 is 35.7 Å². The molecule has 122 valence electrons. The Morgan fingerprint density at radius 1 is 0.952 bits per heavy atom. The van der Waals surface area contributed by atoms with Gasteiger partial charge in [-0.25, -0.2) is 14.4 Å². The highest BCUT2D eigenvalue weighted by Crippen LogP contribution is 2.07. The van der Waals surface area contributed by atoms with Gasteiger partial charge in [0.25, 0.3) is 0 Å². The molecule has 0 rings (SSSR count). The Kier molecular flexibility index (Phi) is 7.94. The summed E-state index contributed by atoms with van der Waals surface area (Å²) < 4.78 is 19.6. The van der Waals surface area contributed by atoms with Crippen LogP contribution in [0.1, 0.15) is 41.5 Å². The lowest BCUT2D eigenvalue weighted by atomic mass is 10.2. The molecule has 0 aliphatic heterocycles. The third-order valence-electron chi connectivity index (χ3n) is 2.17. The standard InChI is InChI=1S/C14H24O7/c1-7-18-12(16)9(2)21-13(17)10(3)20-11(15)8-19-14(4,5)6/h9-10H,7-8H2,1-6H3. The number of ether oxygens (including phenoxy) is 4. The van der Waals surface area contributed by atoms with Crippen LogP contribution in [-0.2, 0) is 33.3 Å². The highest BCUT2D eigenvalue weighted by atomic mass is 16.6. The van der Waals surface area contributed by atoms with E-state index in [-0.39, 0.29) is 13.2 Å². The molecule has 0 N–H and O–H groups in total. The summed E-state index contributed by atoms with van der Waals surface area (Å²) in [6.45, 7) is 9.68. The Morgan fingerprint density at radius 2 is 1.48 bits per heavy atom. The lowest BCUT2D eigenvalue weighted by Crippen LogP contribution is -2.34. The van der Waals surface area contributed by atoms with Crippen molar-refractivity contribution in [1.82, 2.24) is 0 Å². The summed E-state index contributed by atoms with van der Waals surface area (Å²) in [5.41, 5.74) is -0.485. The molecule has 0 aromatic rings. The van der Waals surface area contributed by atoms with Crippen LogP contribution in [0.5, 0.6) is 0 Å². The van der Waals surface area contributed by atoms with Crippen molar-refractivity contribution in [3.05, 3.63) is 0 Å². The van der Waals surface area contributed by atoms with Crippen molar-refractivity contribution in [2.45, 2.75) is 59.4 Å². The third-order valence-corrected chi connectivity index (χ3v) is 2.17. The highest BCUT2D eigenvalue weighted by Gasteiger charge is 2.25. The zero-order chi connectivity index (χ0) is 16.6. The fourth-order valence-electron chi connectivity index (χ4n) is 1.13. The van der Waals surface area contributed by atoms with Crippen molar-refractivity contribution in [2.75, 3.05) is 13.2 Å². The normalized spacial score (nSPS) is 14.0. The van der Waals surface area contributed by atoms with E-state index in [1.807, 2.05) is 0 Å². The first-order chi connectivity index (χ1) is 9.56. The van der Waals surface area contributed by atoms with Gasteiger partial charge in [-0.1, -0.05) is 0 Å². The molecule has 0 spiro atoms. The largest absolute Gasteiger partial charge is 0.463 e. The lowest BCUT2D eigenvalue weighted by molar-refractivity contribution is -0.179. The van der Waals surface area contributed by atoms with E-state index in [1.165, 1.54) is 13.8 Å². The fourth-order valence-corrected chi connectivity index (χ4v) is 1.13. The summed E-state index contributed by atoms with van der Waals surface area (Å²) >= 11 is 0. The number of hydrogen-bond acceptors (Lipinski definition) is 7. The minimum Gasteiger partial charge on any atom is -0.463 e. The molecule has 7 heteroatoms. The van der Waals surface area contributed by atoms with Crippen molar-refractivity contribution in [3.63, 3.8) is 0 Å². The Labute approximate surface area is 124 Å². The van der Waals surface area contributed by atoms with E-state index in [0.717, 1.165) is 0 Å². The van der Waals surface area contributed by atoms with Crippen LogP contribution < -0.4 is 0 Å². The molecule has 0 aromatic heterocycles. The SMILES string of the molecule is CCOC(=O)C(C)OC(=O)C(C)OC(=O)COC(C)(C)C. The Hall–Kier alpha value is -1.63. The fraction of sp³-hybridized carbons (Fsp3) is 0.786. The molecule has 0 amide bonds. The van der Waals surface area contributed by atoms with Gasteiger partial charge in [-0.3, -0.25) is 0 Å². The highest BCUT2D eigenvalue weighted by molar-refractivity contribution is 5.83. The van der Waals surface area contributed by atoms with Crippen molar-refractivity contribution in [2.24, 2.45) is 0 Å². The summed E-state index contributed by atoms with van der Waals surface area (Å²) in [5, 5.41) is 0. The Balaban J connectivity index is 4.21. The first-order valence-electron chi connectivity index (χ1n) is 6.77. The minimum absolute atomic E-state index is 0.190. The van der Waals surface area contributed by atoms with Crippen LogP contribution in [0.15, 0.2) is 0 Å². The second kappa shape index (κ2) is 8.61. The van der Waals surface area contributed by atoms with E-state index in [2.05, 4.69) is 0 Å². The van der Waals surface area contributed by atoms with Crippen LogP contribution >= 0.6 is 0 Å². The molecular weight excluding hydrogens is 280 g/mol. The third kappa shape index (κ3) is 9.01. The maximum atomic E-state index is 11.7. The zero-order valence-corrected chi connectivity index (χ0v) is 13.4. The average Bonchev–Trinajstić information content (AvgIpc) is 2.35. The minimum atomic E-state index is -1.13. The van der Waals surface area contributed by atoms with E-state index >= 15 is 0 Å². The lowest BCUT2D eigenvalue weighted by Gasteiger charge is -2.20. The Bertz CT molecular complexity index is 370. The van der Waals surface area contributed by atoms with Gasteiger partial charge >= 0.3 is 17.9 Å². The molecule has 7 nitrogen and oxygen atoms in total. The molecule has 0 aliphatic rings. The van der Waals surface area contributed by atoms with Crippen LogP contribution in [0.4, 0.5) is 0 Å². The number of esters is 3. The van der Waals surface area contributed by atoms with Crippen molar-refractivity contribution in [3.8, 4) is 0 Å². The van der Waals surface area contributed by atoms with Gasteiger partial charge in [0.2, 0.25) is 0 Å². The molecule has 0 bridgehead atoms. The van der Waals surface area contributed by atoms with Gasteiger partial charge in [0.1, 0.15) is 6.61 Å². The summed E-state index contributed by atoms with van der Waals surface area (Å²) in [6.07, 6.45) is -2.18. The first-order valence-corrected chi connectivity index (χ1v) is 6.77. The number of rotatable bonds is 7. The van der Waals surface area contributed by atoms with Crippen LogP contribution in [0, 0.1) is 0 Å². The maximum Gasteiger partial charge on any atom is 0.347 e. The second-order valence-corrected chi connectivity index (χ2v) is 5.36. The van der Waals surface area contributed by atoms with E-state index in [4.69, 9.17) is 18.9 Å². The number of carbonyl (C=O) groups excluding carboxylic acids is 3. The molecular formula is C14H24O7. The molecule has 0 radical (unpaired) electrons. The van der Waals surface area contributed by atoms with Gasteiger partial charge in [-0.05, 0) is 41.5 Å². The molecule has 2 unspecified atom stereocenters. The summed E-state index contributed by atoms with van der Waals surface area (Å²) in [5.74, 6) is -2.15. The van der Waals surface area contributed by atoms with Gasteiger partial charge in [0.15, 0.2) is 12.2 Å². The zero-order valence-electron chi connectivity index (χ0n) is 13.4. The monoisotopic (exact) mass is 304 g/mol. The summed E-state index contributed by atoms with van der Waals surface area (Å²) in [7, 11) is 0. The molecule has 0 aromatic carbocycles. The van der Waals surface area contributed by atoms with E-state index in [9.17, 15) is 14.4 Å². The molecule has 0 saturated carbocycles. The van der Waals surface area contributed by atoms with Gasteiger partial charge in [0, 0.05) is 0 Å². The number of hydrogen-bond donors (Lipinski definition) is 0. The molecule has 0 fully saturated rings. The quantitative estimate of drug-likeness (QED) is 0.516. The van der Waals surface area contributed by atoms with Gasteiger partial charge in [-0.15, -0.1) is 0 Å². The topological polar surface area (TPSA) is 88.1 Å². The van der Waals surface area contributed by atoms with Crippen molar-refractivity contribution in [1.29, 1.82) is 0 Å². The van der Waals surface area contributed by atoms with Crippen LogP contribution in [0.25, 0.3) is 0 Å². The van der Waals surface area contributed by atoms with Crippen molar-refractivity contribution >= 4 is 17.9 Å². The average molecular weight is 304 g/mol. The van der Waals surface area contributed by atoms with Crippen LogP contribution in [-0.4, -0.2) is 48.9 Å². The smallest absolute Gasteiger partial charge is 0.347 e. The van der Waals surface area contributed by atoms with E-state index in [1.54, 1.807) is 27.7 Å². The maximum absolute atomic E-state index is 11.7.